The molecule has 3 rings (SSSR count). The molecule has 1 heterocycles. The summed E-state index contributed by atoms with van der Waals surface area (Å²) in [6, 6.07) is 10.4. The molecule has 2 aromatic rings. The summed E-state index contributed by atoms with van der Waals surface area (Å²) >= 11 is 0. The van der Waals surface area contributed by atoms with Gasteiger partial charge in [-0.25, -0.2) is 0 Å². The summed E-state index contributed by atoms with van der Waals surface area (Å²) in [7, 11) is 2.10. The van der Waals surface area contributed by atoms with E-state index in [0.29, 0.717) is 5.56 Å². The highest BCUT2D eigenvalue weighted by atomic mass is 15.1. The Labute approximate surface area is 119 Å². The van der Waals surface area contributed by atoms with Gasteiger partial charge in [0, 0.05) is 25.2 Å². The number of anilines is 1. The van der Waals surface area contributed by atoms with Crippen LogP contribution in [0.3, 0.4) is 0 Å². The molecule has 1 aromatic carbocycles. The summed E-state index contributed by atoms with van der Waals surface area (Å²) in [5.74, 6) is 0.762. The normalized spacial score (nSPS) is 15.4. The molecule has 3 nitrogen and oxygen atoms in total. The predicted molar refractivity (Wildman–Crippen MR) is 81.7 cm³/mol. The maximum absolute atomic E-state index is 9.37. The van der Waals surface area contributed by atoms with Crippen LogP contribution in [-0.4, -0.2) is 18.6 Å². The van der Waals surface area contributed by atoms with Crippen molar-refractivity contribution >= 4 is 16.6 Å². The van der Waals surface area contributed by atoms with Crippen LogP contribution in [0.25, 0.3) is 10.9 Å². The molecule has 3 heteroatoms. The fourth-order valence-corrected chi connectivity index (χ4v) is 3.29. The number of pyridine rings is 1. The van der Waals surface area contributed by atoms with Crippen LogP contribution >= 0.6 is 0 Å². The maximum Gasteiger partial charge on any atom is 0.103 e. The van der Waals surface area contributed by atoms with Crippen molar-refractivity contribution in [1.29, 1.82) is 5.26 Å². The third-order valence-electron chi connectivity index (χ3n) is 4.26. The van der Waals surface area contributed by atoms with Crippen molar-refractivity contribution in [2.75, 3.05) is 18.5 Å². The van der Waals surface area contributed by atoms with E-state index in [1.807, 2.05) is 18.2 Å². The molecule has 0 radical (unpaired) electrons. The second kappa shape index (κ2) is 5.50. The third kappa shape index (κ3) is 2.34. The first-order valence-electron chi connectivity index (χ1n) is 7.28. The van der Waals surface area contributed by atoms with Crippen LogP contribution in [0.4, 0.5) is 5.69 Å². The van der Waals surface area contributed by atoms with Gasteiger partial charge in [-0.1, -0.05) is 31.0 Å². The summed E-state index contributed by atoms with van der Waals surface area (Å²) in [6.45, 7) is 1.03. The Morgan fingerprint density at radius 1 is 1.30 bits per heavy atom. The Balaban J connectivity index is 2.01. The van der Waals surface area contributed by atoms with Crippen LogP contribution in [0, 0.1) is 17.2 Å². The zero-order valence-electron chi connectivity index (χ0n) is 11.8. The summed E-state index contributed by atoms with van der Waals surface area (Å²) in [5, 5.41) is 10.4. The first kappa shape index (κ1) is 12.9. The lowest BCUT2D eigenvalue weighted by Gasteiger charge is -2.25. The van der Waals surface area contributed by atoms with Crippen LogP contribution in [0.15, 0.2) is 30.5 Å². The Morgan fingerprint density at radius 3 is 2.80 bits per heavy atom. The maximum atomic E-state index is 9.37. The molecule has 0 unspecified atom stereocenters. The molecular formula is C17H19N3. The van der Waals surface area contributed by atoms with Crippen molar-refractivity contribution in [2.24, 2.45) is 5.92 Å². The van der Waals surface area contributed by atoms with E-state index in [1.165, 1.54) is 25.7 Å². The first-order valence-corrected chi connectivity index (χ1v) is 7.28. The Bertz CT molecular complexity index is 651. The molecule has 102 valence electrons. The smallest absolute Gasteiger partial charge is 0.103 e. The molecule has 0 amide bonds. The van der Waals surface area contributed by atoms with Gasteiger partial charge < -0.3 is 4.90 Å². The second-order valence-electron chi connectivity index (χ2n) is 5.68. The van der Waals surface area contributed by atoms with Gasteiger partial charge in [-0.3, -0.25) is 4.98 Å². The number of nitrogens with zero attached hydrogens (tertiary/aromatic N) is 3. The molecule has 1 fully saturated rings. The lowest BCUT2D eigenvalue weighted by Crippen LogP contribution is -2.25. The fourth-order valence-electron chi connectivity index (χ4n) is 3.29. The minimum Gasteiger partial charge on any atom is -0.373 e. The number of para-hydroxylation sites is 1. The molecular weight excluding hydrogens is 246 g/mol. The highest BCUT2D eigenvalue weighted by Gasteiger charge is 2.19. The van der Waals surface area contributed by atoms with Gasteiger partial charge in [0.15, 0.2) is 0 Å². The number of benzene rings is 1. The monoisotopic (exact) mass is 265 g/mol. The molecule has 20 heavy (non-hydrogen) atoms. The highest BCUT2D eigenvalue weighted by Crippen LogP contribution is 2.31. The van der Waals surface area contributed by atoms with Crippen molar-refractivity contribution in [3.8, 4) is 6.07 Å². The van der Waals surface area contributed by atoms with Crippen LogP contribution in [0.5, 0.6) is 0 Å². The quantitative estimate of drug-likeness (QED) is 0.849. The summed E-state index contributed by atoms with van der Waals surface area (Å²) < 4.78 is 0. The molecule has 0 atom stereocenters. The Morgan fingerprint density at radius 2 is 2.05 bits per heavy atom. The first-order chi connectivity index (χ1) is 9.79. The molecule has 0 saturated heterocycles. The van der Waals surface area contributed by atoms with Gasteiger partial charge >= 0.3 is 0 Å². The molecule has 0 spiro atoms. The van der Waals surface area contributed by atoms with E-state index in [9.17, 15) is 5.26 Å². The zero-order valence-corrected chi connectivity index (χ0v) is 11.8. The molecule has 1 aliphatic carbocycles. The lowest BCUT2D eigenvalue weighted by molar-refractivity contribution is 0.547. The van der Waals surface area contributed by atoms with Gasteiger partial charge in [-0.2, -0.15) is 5.26 Å². The standard InChI is InChI=1S/C17H19N3/c1-20(12-13-6-2-3-7-13)17-14(10-18)11-19-16-9-5-4-8-15(16)17/h4-5,8-9,11,13H,2-3,6-7,12H2,1H3. The summed E-state index contributed by atoms with van der Waals surface area (Å²) in [5.41, 5.74) is 2.66. The third-order valence-corrected chi connectivity index (χ3v) is 4.26. The molecule has 1 saturated carbocycles. The summed E-state index contributed by atoms with van der Waals surface area (Å²) in [6.07, 6.45) is 7.02. The average Bonchev–Trinajstić information content (AvgIpc) is 2.98. The average molecular weight is 265 g/mol. The molecule has 0 bridgehead atoms. The van der Waals surface area contributed by atoms with Crippen LogP contribution in [0.2, 0.25) is 0 Å². The molecule has 1 aromatic heterocycles. The largest absolute Gasteiger partial charge is 0.373 e. The van der Waals surface area contributed by atoms with Crippen molar-refractivity contribution in [2.45, 2.75) is 25.7 Å². The van der Waals surface area contributed by atoms with Crippen LogP contribution in [-0.2, 0) is 0 Å². The predicted octanol–water partition coefficient (Wildman–Crippen LogP) is 3.73. The van der Waals surface area contributed by atoms with E-state index in [-0.39, 0.29) is 0 Å². The number of rotatable bonds is 3. The van der Waals surface area contributed by atoms with E-state index < -0.39 is 0 Å². The Hall–Kier alpha value is -2.08. The van der Waals surface area contributed by atoms with E-state index in [2.05, 4.69) is 29.1 Å². The number of hydrogen-bond acceptors (Lipinski definition) is 3. The van der Waals surface area contributed by atoms with Gasteiger partial charge in [0.1, 0.15) is 6.07 Å². The summed E-state index contributed by atoms with van der Waals surface area (Å²) in [4.78, 5) is 6.63. The van der Waals surface area contributed by atoms with Crippen molar-refractivity contribution in [3.05, 3.63) is 36.0 Å². The topological polar surface area (TPSA) is 39.9 Å². The highest BCUT2D eigenvalue weighted by molar-refractivity contribution is 5.94. The number of nitriles is 1. The van der Waals surface area contributed by atoms with Gasteiger partial charge in [0.25, 0.3) is 0 Å². The van der Waals surface area contributed by atoms with Crippen LogP contribution in [0.1, 0.15) is 31.2 Å². The number of aromatic nitrogens is 1. The van der Waals surface area contributed by atoms with E-state index in [4.69, 9.17) is 0 Å². The SMILES string of the molecule is CN(CC1CCCC1)c1c(C#N)cnc2ccccc12. The minimum atomic E-state index is 0.671. The van der Waals surface area contributed by atoms with Crippen molar-refractivity contribution < 1.29 is 0 Å². The number of fused-ring (bicyclic) bond motifs is 1. The molecule has 0 N–H and O–H groups in total. The van der Waals surface area contributed by atoms with E-state index in [0.717, 1.165) is 29.1 Å². The Kier molecular flexibility index (Phi) is 3.56. The van der Waals surface area contributed by atoms with Crippen molar-refractivity contribution in [3.63, 3.8) is 0 Å². The molecule has 0 aliphatic heterocycles. The fraction of sp³-hybridized carbons (Fsp3) is 0.412. The zero-order chi connectivity index (χ0) is 13.9. The molecule has 1 aliphatic rings. The van der Waals surface area contributed by atoms with Crippen LogP contribution < -0.4 is 4.90 Å². The van der Waals surface area contributed by atoms with Gasteiger partial charge in [0.2, 0.25) is 0 Å². The van der Waals surface area contributed by atoms with E-state index >= 15 is 0 Å². The van der Waals surface area contributed by atoms with Gasteiger partial charge in [0.05, 0.1) is 16.8 Å². The number of hydrogen-bond donors (Lipinski definition) is 0. The lowest BCUT2D eigenvalue weighted by atomic mass is 10.1. The van der Waals surface area contributed by atoms with E-state index in [1.54, 1.807) is 6.20 Å². The van der Waals surface area contributed by atoms with Crippen molar-refractivity contribution in [1.82, 2.24) is 4.98 Å². The minimum absolute atomic E-state index is 0.671. The second-order valence-corrected chi connectivity index (χ2v) is 5.68. The van der Waals surface area contributed by atoms with Gasteiger partial charge in [-0.15, -0.1) is 0 Å². The van der Waals surface area contributed by atoms with Gasteiger partial charge in [-0.05, 0) is 24.8 Å².